The fourth-order valence-electron chi connectivity index (χ4n) is 4.74. The number of rotatable bonds is 15. The number of amides is 3. The molecular formula is C30H36F6N2O6. The minimum atomic E-state index is -5.98. The zero-order valence-electron chi connectivity index (χ0n) is 24.6. The number of alkyl halides is 6. The Morgan fingerprint density at radius 3 is 2.18 bits per heavy atom. The number of halogens is 6. The van der Waals surface area contributed by atoms with Crippen molar-refractivity contribution in [3.63, 3.8) is 0 Å². The highest BCUT2D eigenvalue weighted by Crippen LogP contribution is 2.50. The maximum Gasteiger partial charge on any atom is 0.430 e. The Balaban J connectivity index is 1.70. The van der Waals surface area contributed by atoms with Crippen LogP contribution in [0.15, 0.2) is 36.4 Å². The number of aryl methyl sites for hydroxylation is 2. The summed E-state index contributed by atoms with van der Waals surface area (Å²) in [5, 5.41) is 12.0. The van der Waals surface area contributed by atoms with E-state index in [1.807, 2.05) is 6.92 Å². The third-order valence-corrected chi connectivity index (χ3v) is 7.04. The Hall–Kier alpha value is -3.52. The van der Waals surface area contributed by atoms with Crippen LogP contribution in [0.5, 0.6) is 11.5 Å². The van der Waals surface area contributed by atoms with Gasteiger partial charge in [-0.05, 0) is 74.4 Å². The van der Waals surface area contributed by atoms with Crippen LogP contribution in [0.3, 0.4) is 0 Å². The maximum absolute atomic E-state index is 13.4. The van der Waals surface area contributed by atoms with Crippen LogP contribution in [0.25, 0.3) is 0 Å². The van der Waals surface area contributed by atoms with Gasteiger partial charge >= 0.3 is 18.4 Å². The fraction of sp³-hybridized carbons (Fsp3) is 0.533. The molecule has 1 saturated heterocycles. The lowest BCUT2D eigenvalue weighted by molar-refractivity contribution is -0.376. The third-order valence-electron chi connectivity index (χ3n) is 7.04. The molecule has 14 heteroatoms. The molecule has 2 N–H and O–H groups in total. The average molecular weight is 635 g/mol. The van der Waals surface area contributed by atoms with E-state index in [0.29, 0.717) is 55.9 Å². The summed E-state index contributed by atoms with van der Waals surface area (Å²) in [5.74, 6) is 0.139. The first-order valence-electron chi connectivity index (χ1n) is 14.2. The number of urea groups is 1. The number of imide groups is 1. The molecule has 1 aliphatic heterocycles. The number of benzene rings is 2. The summed E-state index contributed by atoms with van der Waals surface area (Å²) in [6.45, 7) is 5.87. The van der Waals surface area contributed by atoms with E-state index in [-0.39, 0.29) is 31.1 Å². The first-order chi connectivity index (χ1) is 20.6. The van der Waals surface area contributed by atoms with Gasteiger partial charge in [0.1, 0.15) is 17.5 Å². The van der Waals surface area contributed by atoms with E-state index >= 15 is 0 Å². The number of carbonyl (C=O) groups excluding carboxylic acids is 2. The van der Waals surface area contributed by atoms with E-state index < -0.39 is 41.5 Å². The molecule has 2 aromatic carbocycles. The van der Waals surface area contributed by atoms with Crippen LogP contribution >= 0.6 is 0 Å². The summed E-state index contributed by atoms with van der Waals surface area (Å²) in [6, 6.07) is 6.18. The van der Waals surface area contributed by atoms with Gasteiger partial charge in [0.15, 0.2) is 6.79 Å². The molecule has 44 heavy (non-hydrogen) atoms. The van der Waals surface area contributed by atoms with Gasteiger partial charge in [-0.2, -0.15) is 26.3 Å². The molecule has 0 spiro atoms. The van der Waals surface area contributed by atoms with Crippen LogP contribution in [0.4, 0.5) is 36.8 Å². The van der Waals surface area contributed by atoms with Gasteiger partial charge in [-0.3, -0.25) is 15.0 Å². The predicted molar refractivity (Wildman–Crippen MR) is 149 cm³/mol. The van der Waals surface area contributed by atoms with Gasteiger partial charge in [-0.25, -0.2) is 4.79 Å². The number of hydrogen-bond acceptors (Lipinski definition) is 6. The molecule has 1 heterocycles. The van der Waals surface area contributed by atoms with Gasteiger partial charge < -0.3 is 19.3 Å². The van der Waals surface area contributed by atoms with E-state index in [2.05, 4.69) is 5.32 Å². The van der Waals surface area contributed by atoms with Gasteiger partial charge in [0, 0.05) is 11.6 Å². The van der Waals surface area contributed by atoms with Gasteiger partial charge in [0.2, 0.25) is 0 Å². The van der Waals surface area contributed by atoms with E-state index in [9.17, 15) is 41.0 Å². The van der Waals surface area contributed by atoms with Crippen LogP contribution in [0, 0.1) is 0 Å². The van der Waals surface area contributed by atoms with Crippen LogP contribution < -0.4 is 19.7 Å². The highest BCUT2D eigenvalue weighted by molar-refractivity contribution is 6.14. The number of aliphatic hydroxyl groups is 1. The summed E-state index contributed by atoms with van der Waals surface area (Å²) >= 11 is 0. The Kier molecular flexibility index (Phi) is 11.5. The van der Waals surface area contributed by atoms with Gasteiger partial charge in [0.05, 0.1) is 18.9 Å². The van der Waals surface area contributed by atoms with Gasteiger partial charge in [0.25, 0.3) is 11.5 Å². The van der Waals surface area contributed by atoms with Crippen molar-refractivity contribution >= 4 is 17.6 Å². The molecule has 8 nitrogen and oxygen atoms in total. The monoisotopic (exact) mass is 634 g/mol. The number of hydrogen-bond donors (Lipinski definition) is 2. The number of anilines is 1. The Morgan fingerprint density at radius 2 is 1.59 bits per heavy atom. The van der Waals surface area contributed by atoms with Crippen molar-refractivity contribution in [1.29, 1.82) is 0 Å². The minimum absolute atomic E-state index is 0.00647. The largest absolute Gasteiger partial charge is 0.493 e. The highest BCUT2D eigenvalue weighted by Gasteiger charge is 2.71. The first-order valence-corrected chi connectivity index (χ1v) is 14.2. The van der Waals surface area contributed by atoms with Crippen molar-refractivity contribution in [3.05, 3.63) is 53.1 Å². The summed E-state index contributed by atoms with van der Waals surface area (Å²) in [6.07, 6.45) is -9.05. The smallest absolute Gasteiger partial charge is 0.430 e. The molecule has 0 aliphatic carbocycles. The Morgan fingerprint density at radius 1 is 0.886 bits per heavy atom. The van der Waals surface area contributed by atoms with E-state index in [4.69, 9.17) is 14.2 Å². The third kappa shape index (κ3) is 7.95. The molecule has 1 fully saturated rings. The predicted octanol–water partition coefficient (Wildman–Crippen LogP) is 6.56. The second-order valence-electron chi connectivity index (χ2n) is 10.4. The summed E-state index contributed by atoms with van der Waals surface area (Å²) < 4.78 is 97.0. The van der Waals surface area contributed by atoms with Gasteiger partial charge in [-0.1, -0.05) is 26.3 Å². The molecule has 0 radical (unpaired) electrons. The fourth-order valence-corrected chi connectivity index (χ4v) is 4.74. The number of ether oxygens (including phenoxy) is 3. The topological polar surface area (TPSA) is 97.3 Å². The SMILES string of the molecule is CCCOCOc1cc(CCCCOc2ccc(C(O)(C(F)(F)F)C(F)(F)F)cc2CCC)cc(N2C(=O)NC(=O)C2C)c1. The van der Waals surface area contributed by atoms with Crippen LogP contribution in [-0.2, 0) is 28.0 Å². The van der Waals surface area contributed by atoms with Crippen molar-refractivity contribution < 1.29 is 55.2 Å². The molecule has 1 aliphatic rings. The average Bonchev–Trinajstić information content (AvgIpc) is 3.20. The number of carbonyl (C=O) groups is 2. The summed E-state index contributed by atoms with van der Waals surface area (Å²) in [4.78, 5) is 25.7. The minimum Gasteiger partial charge on any atom is -0.493 e. The highest BCUT2D eigenvalue weighted by atomic mass is 19.4. The maximum atomic E-state index is 13.4. The van der Waals surface area contributed by atoms with Gasteiger partial charge in [-0.15, -0.1) is 0 Å². The molecular weight excluding hydrogens is 598 g/mol. The molecule has 3 amide bonds. The number of nitrogens with one attached hydrogen (secondary N) is 1. The normalized spacial score (nSPS) is 16.0. The molecule has 1 atom stereocenters. The van der Waals surface area contributed by atoms with Crippen molar-refractivity contribution in [2.45, 2.75) is 83.3 Å². The Labute approximate surface area is 251 Å². The standard InChI is InChI=1S/C30H36F6N2O6/c1-4-8-21-16-22(28(41,29(31,32)33)30(34,35)36)10-11-25(21)43-13-7-6-9-20-14-23(38-19(3)26(39)37-27(38)40)17-24(15-20)44-18-42-12-5-2/h10-11,14-17,19,41H,4-9,12-13,18H2,1-3H3,(H,37,39,40). The second-order valence-corrected chi connectivity index (χ2v) is 10.4. The van der Waals surface area contributed by atoms with Crippen LogP contribution in [0.2, 0.25) is 0 Å². The molecule has 0 aromatic heterocycles. The Bertz CT molecular complexity index is 1290. The van der Waals surface area contributed by atoms with Crippen LogP contribution in [0.1, 0.15) is 63.1 Å². The lowest BCUT2D eigenvalue weighted by Crippen LogP contribution is -2.53. The lowest BCUT2D eigenvalue weighted by atomic mass is 9.90. The zero-order chi connectivity index (χ0) is 32.7. The molecule has 0 saturated carbocycles. The quantitative estimate of drug-likeness (QED) is 0.0997. The summed E-state index contributed by atoms with van der Waals surface area (Å²) in [7, 11) is 0. The van der Waals surface area contributed by atoms with Crippen molar-refractivity contribution in [2.24, 2.45) is 0 Å². The zero-order valence-corrected chi connectivity index (χ0v) is 24.6. The molecule has 244 valence electrons. The number of unbranched alkanes of at least 4 members (excludes halogenated alkanes) is 1. The van der Waals surface area contributed by atoms with E-state index in [1.54, 1.807) is 32.0 Å². The molecule has 2 aromatic rings. The van der Waals surface area contributed by atoms with Crippen molar-refractivity contribution in [1.82, 2.24) is 5.32 Å². The van der Waals surface area contributed by atoms with Crippen molar-refractivity contribution in [2.75, 3.05) is 24.9 Å². The molecule has 3 rings (SSSR count). The summed E-state index contributed by atoms with van der Waals surface area (Å²) in [5.41, 5.74) is -4.97. The van der Waals surface area contributed by atoms with E-state index in [1.165, 1.54) is 4.90 Å². The molecule has 1 unspecified atom stereocenters. The van der Waals surface area contributed by atoms with E-state index in [0.717, 1.165) is 18.1 Å². The second kappa shape index (κ2) is 14.5. The van der Waals surface area contributed by atoms with Crippen molar-refractivity contribution in [3.8, 4) is 11.5 Å². The molecule has 0 bridgehead atoms. The lowest BCUT2D eigenvalue weighted by Gasteiger charge is -2.33. The first kappa shape index (κ1) is 35.0. The van der Waals surface area contributed by atoms with Crippen LogP contribution in [-0.4, -0.2) is 55.4 Å². The number of nitrogens with zero attached hydrogens (tertiary/aromatic N) is 1.